The molecule has 0 bridgehead atoms. The number of fused-ring (bicyclic) bond motifs is 1. The first-order valence-corrected chi connectivity index (χ1v) is 11.2. The smallest absolute Gasteiger partial charge is 0.335 e. The van der Waals surface area contributed by atoms with E-state index in [1.807, 2.05) is 30.3 Å². The summed E-state index contributed by atoms with van der Waals surface area (Å²) in [5, 5.41) is 14.8. The predicted molar refractivity (Wildman–Crippen MR) is 134 cm³/mol. The lowest BCUT2D eigenvalue weighted by Gasteiger charge is -2.17. The second-order valence-corrected chi connectivity index (χ2v) is 8.48. The van der Waals surface area contributed by atoms with Crippen LogP contribution in [0.1, 0.15) is 48.8 Å². The van der Waals surface area contributed by atoms with Crippen LogP contribution in [0, 0.1) is 13.8 Å². The van der Waals surface area contributed by atoms with Gasteiger partial charge in [0.2, 0.25) is 0 Å². The van der Waals surface area contributed by atoms with Crippen LogP contribution in [0.3, 0.4) is 0 Å². The largest absolute Gasteiger partial charge is 0.478 e. The van der Waals surface area contributed by atoms with E-state index in [4.69, 9.17) is 4.74 Å². The third kappa shape index (κ3) is 4.76. The van der Waals surface area contributed by atoms with Crippen molar-refractivity contribution in [1.29, 1.82) is 0 Å². The molecule has 9 heteroatoms. The van der Waals surface area contributed by atoms with Crippen LogP contribution in [0.25, 0.3) is 11.6 Å². The highest BCUT2D eigenvalue weighted by Crippen LogP contribution is 2.34. The molecule has 0 radical (unpaired) electrons. The molecule has 1 aliphatic heterocycles. The molecule has 2 amide bonds. The van der Waals surface area contributed by atoms with E-state index < -0.39 is 23.9 Å². The molecule has 2 heterocycles. The number of carbonyl (C=O) groups is 4. The number of amides is 2. The van der Waals surface area contributed by atoms with Crippen molar-refractivity contribution in [2.75, 3.05) is 12.4 Å². The fraction of sp³-hybridized carbons (Fsp3) is 0.185. The van der Waals surface area contributed by atoms with Gasteiger partial charge in [0, 0.05) is 29.1 Å². The van der Waals surface area contributed by atoms with E-state index in [0.717, 1.165) is 5.56 Å². The van der Waals surface area contributed by atoms with Crippen LogP contribution < -0.4 is 10.6 Å². The van der Waals surface area contributed by atoms with Gasteiger partial charge in [-0.3, -0.25) is 9.59 Å². The van der Waals surface area contributed by atoms with Gasteiger partial charge in [0.15, 0.2) is 0 Å². The summed E-state index contributed by atoms with van der Waals surface area (Å²) in [6.07, 6.45) is 1.86. The Balaban J connectivity index is 1.64. The van der Waals surface area contributed by atoms with Gasteiger partial charge in [0.05, 0.1) is 23.8 Å². The number of aromatic amines is 1. The van der Waals surface area contributed by atoms with Gasteiger partial charge in [-0.2, -0.15) is 0 Å². The van der Waals surface area contributed by atoms with Gasteiger partial charge >= 0.3 is 11.9 Å². The van der Waals surface area contributed by atoms with Crippen molar-refractivity contribution in [3.63, 3.8) is 0 Å². The molecule has 0 saturated carbocycles. The number of esters is 1. The van der Waals surface area contributed by atoms with E-state index in [0.29, 0.717) is 33.8 Å². The fourth-order valence-electron chi connectivity index (χ4n) is 4.28. The summed E-state index contributed by atoms with van der Waals surface area (Å²) in [7, 11) is 1.27. The molecular weight excluding hydrogens is 462 g/mol. The number of methoxy groups -OCH3 is 1. The molecule has 1 unspecified atom stereocenters. The second kappa shape index (κ2) is 9.91. The normalized spacial score (nSPS) is 14.2. The average Bonchev–Trinajstić information content (AvgIpc) is 3.32. The van der Waals surface area contributed by atoms with Gasteiger partial charge in [-0.1, -0.05) is 30.3 Å². The number of anilines is 1. The minimum Gasteiger partial charge on any atom is -0.478 e. The van der Waals surface area contributed by atoms with Gasteiger partial charge in [-0.05, 0) is 49.2 Å². The fourth-order valence-corrected chi connectivity index (χ4v) is 4.28. The molecule has 184 valence electrons. The summed E-state index contributed by atoms with van der Waals surface area (Å²) < 4.78 is 4.89. The number of carboxylic acids is 1. The zero-order chi connectivity index (χ0) is 26.0. The molecule has 1 aliphatic rings. The van der Waals surface area contributed by atoms with Crippen molar-refractivity contribution < 1.29 is 29.0 Å². The number of rotatable bonds is 7. The third-order valence-corrected chi connectivity index (χ3v) is 6.12. The van der Waals surface area contributed by atoms with Crippen LogP contribution in [0.4, 0.5) is 5.69 Å². The lowest BCUT2D eigenvalue weighted by molar-refractivity contribution is -0.142. The number of ether oxygens (including phenoxy) is 1. The summed E-state index contributed by atoms with van der Waals surface area (Å²) in [6, 6.07) is 12.8. The highest BCUT2D eigenvalue weighted by atomic mass is 16.5. The number of hydrogen-bond acceptors (Lipinski definition) is 5. The molecule has 1 aromatic heterocycles. The maximum Gasteiger partial charge on any atom is 0.335 e. The molecule has 9 nitrogen and oxygen atoms in total. The SMILES string of the molecule is COC(=O)C(Cc1ccccc1)NC(=O)c1c(C)[nH]c(/C=C2\C(=O)Nc3ccc(C(=O)O)cc32)c1C. The molecule has 4 N–H and O–H groups in total. The molecule has 36 heavy (non-hydrogen) atoms. The maximum atomic E-state index is 13.2. The number of aromatic carboxylic acids is 1. The lowest BCUT2D eigenvalue weighted by Crippen LogP contribution is -2.43. The molecule has 3 aromatic rings. The van der Waals surface area contributed by atoms with Crippen LogP contribution in [0.5, 0.6) is 0 Å². The number of carbonyl (C=O) groups excluding carboxylic acids is 3. The van der Waals surface area contributed by atoms with Crippen molar-refractivity contribution in [2.24, 2.45) is 0 Å². The Morgan fingerprint density at radius 2 is 1.83 bits per heavy atom. The number of carboxylic acid groups (broad SMARTS) is 1. The Bertz CT molecular complexity index is 1400. The molecular formula is C27H25N3O6. The van der Waals surface area contributed by atoms with Crippen LogP contribution in [0.15, 0.2) is 48.5 Å². The van der Waals surface area contributed by atoms with Crippen LogP contribution >= 0.6 is 0 Å². The lowest BCUT2D eigenvalue weighted by atomic mass is 10.0. The van der Waals surface area contributed by atoms with E-state index in [1.165, 1.54) is 19.2 Å². The number of aryl methyl sites for hydroxylation is 1. The van der Waals surface area contributed by atoms with Crippen molar-refractivity contribution >= 4 is 41.1 Å². The molecule has 1 atom stereocenters. The molecule has 0 saturated heterocycles. The minimum absolute atomic E-state index is 0.0582. The standard InChI is InChI=1S/C27H25N3O6/c1-14-21(13-19-18-12-17(26(33)34)9-10-20(18)29-24(19)31)28-15(2)23(14)25(32)30-22(27(35)36-3)11-16-7-5-4-6-8-16/h4-10,12-13,22,28H,11H2,1-3H3,(H,29,31)(H,30,32)(H,33,34)/b19-13-. The summed E-state index contributed by atoms with van der Waals surface area (Å²) in [6.45, 7) is 3.45. The van der Waals surface area contributed by atoms with Gasteiger partial charge in [-0.15, -0.1) is 0 Å². The Kier molecular flexibility index (Phi) is 6.73. The van der Waals surface area contributed by atoms with E-state index in [9.17, 15) is 24.3 Å². The zero-order valence-electron chi connectivity index (χ0n) is 20.0. The highest BCUT2D eigenvalue weighted by Gasteiger charge is 2.28. The minimum atomic E-state index is -1.10. The molecule has 0 fully saturated rings. The van der Waals surface area contributed by atoms with Gasteiger partial charge < -0.3 is 25.5 Å². The highest BCUT2D eigenvalue weighted by molar-refractivity contribution is 6.35. The first kappa shape index (κ1) is 24.5. The first-order chi connectivity index (χ1) is 17.2. The summed E-state index contributed by atoms with van der Waals surface area (Å²) >= 11 is 0. The van der Waals surface area contributed by atoms with Crippen LogP contribution in [0.2, 0.25) is 0 Å². The van der Waals surface area contributed by atoms with E-state index in [2.05, 4.69) is 15.6 Å². The predicted octanol–water partition coefficient (Wildman–Crippen LogP) is 3.34. The number of benzene rings is 2. The zero-order valence-corrected chi connectivity index (χ0v) is 20.0. The summed E-state index contributed by atoms with van der Waals surface area (Å²) in [4.78, 5) is 52.7. The maximum absolute atomic E-state index is 13.2. The third-order valence-electron chi connectivity index (χ3n) is 6.12. The molecule has 4 rings (SSSR count). The van der Waals surface area contributed by atoms with E-state index >= 15 is 0 Å². The second-order valence-electron chi connectivity index (χ2n) is 8.48. The van der Waals surface area contributed by atoms with Crippen molar-refractivity contribution in [1.82, 2.24) is 10.3 Å². The average molecular weight is 488 g/mol. The summed E-state index contributed by atoms with van der Waals surface area (Å²) in [5.74, 6) is -2.49. The number of aromatic nitrogens is 1. The van der Waals surface area contributed by atoms with Crippen molar-refractivity contribution in [3.05, 3.63) is 87.7 Å². The number of hydrogen-bond donors (Lipinski definition) is 4. The Hall–Kier alpha value is -4.66. The van der Waals surface area contributed by atoms with Crippen LogP contribution in [-0.4, -0.2) is 47.0 Å². The van der Waals surface area contributed by atoms with E-state index in [-0.39, 0.29) is 23.5 Å². The van der Waals surface area contributed by atoms with E-state index in [1.54, 1.807) is 26.0 Å². The Labute approximate surface area is 207 Å². The van der Waals surface area contributed by atoms with Crippen LogP contribution in [-0.2, 0) is 20.7 Å². The quantitative estimate of drug-likeness (QED) is 0.298. The number of nitrogens with one attached hydrogen (secondary N) is 3. The monoisotopic (exact) mass is 487 g/mol. The van der Waals surface area contributed by atoms with Crippen molar-refractivity contribution in [3.8, 4) is 0 Å². The Morgan fingerprint density at radius 1 is 1.11 bits per heavy atom. The first-order valence-electron chi connectivity index (χ1n) is 11.2. The summed E-state index contributed by atoms with van der Waals surface area (Å²) in [5.41, 5.74) is 4.19. The number of H-pyrrole nitrogens is 1. The van der Waals surface area contributed by atoms with Crippen molar-refractivity contribution in [2.45, 2.75) is 26.3 Å². The van der Waals surface area contributed by atoms with Gasteiger partial charge in [-0.25, -0.2) is 9.59 Å². The topological polar surface area (TPSA) is 138 Å². The Morgan fingerprint density at radius 3 is 2.50 bits per heavy atom. The molecule has 0 aliphatic carbocycles. The molecule has 0 spiro atoms. The van der Waals surface area contributed by atoms with Gasteiger partial charge in [0.1, 0.15) is 6.04 Å². The molecule has 2 aromatic carbocycles. The van der Waals surface area contributed by atoms with Gasteiger partial charge in [0.25, 0.3) is 11.8 Å².